The minimum Gasteiger partial charge on any atom is -0.481 e. The van der Waals surface area contributed by atoms with Crippen LogP contribution in [0.2, 0.25) is 0 Å². The molecule has 1 aromatic rings. The number of aryl methyl sites for hydroxylation is 1. The largest absolute Gasteiger partial charge is 0.481 e. The molecule has 0 spiro atoms. The van der Waals surface area contributed by atoms with Crippen LogP contribution >= 0.6 is 0 Å². The standard InChI is InChI=1S/C16H23NO2/c1-13-4-6-14(7-5-13)11-17-9-3-8-16(2,12-17)10-15(18)19/h4-7H,3,8-12H2,1-2H3,(H,18,19). The number of hydrogen-bond acceptors (Lipinski definition) is 2. The van der Waals surface area contributed by atoms with Crippen LogP contribution in [0.3, 0.4) is 0 Å². The van der Waals surface area contributed by atoms with Crippen LogP contribution in [0.1, 0.15) is 37.3 Å². The zero-order chi connectivity index (χ0) is 13.9. The molecule has 1 fully saturated rings. The van der Waals surface area contributed by atoms with Crippen molar-refractivity contribution in [1.82, 2.24) is 4.90 Å². The predicted octanol–water partition coefficient (Wildman–Crippen LogP) is 3.07. The lowest BCUT2D eigenvalue weighted by atomic mass is 9.79. The minimum atomic E-state index is -0.681. The van der Waals surface area contributed by atoms with Crippen molar-refractivity contribution >= 4 is 5.97 Å². The molecule has 0 radical (unpaired) electrons. The molecule has 1 aromatic carbocycles. The van der Waals surface area contributed by atoms with Crippen LogP contribution in [0.25, 0.3) is 0 Å². The number of aliphatic carboxylic acids is 1. The minimum absolute atomic E-state index is 0.0746. The number of carbonyl (C=O) groups is 1. The zero-order valence-electron chi connectivity index (χ0n) is 11.9. The molecule has 0 aliphatic carbocycles. The highest BCUT2D eigenvalue weighted by molar-refractivity contribution is 5.67. The maximum absolute atomic E-state index is 11.0. The third kappa shape index (κ3) is 4.06. The van der Waals surface area contributed by atoms with Gasteiger partial charge in [-0.25, -0.2) is 0 Å². The highest BCUT2D eigenvalue weighted by atomic mass is 16.4. The Morgan fingerprint density at radius 2 is 2.05 bits per heavy atom. The van der Waals surface area contributed by atoms with E-state index in [0.717, 1.165) is 32.5 Å². The maximum Gasteiger partial charge on any atom is 0.303 e. The Morgan fingerprint density at radius 1 is 1.37 bits per heavy atom. The van der Waals surface area contributed by atoms with Gasteiger partial charge in [0.15, 0.2) is 0 Å². The van der Waals surface area contributed by atoms with Gasteiger partial charge in [-0.05, 0) is 37.3 Å². The van der Waals surface area contributed by atoms with Crippen LogP contribution in [0.5, 0.6) is 0 Å². The molecular formula is C16H23NO2. The molecule has 19 heavy (non-hydrogen) atoms. The van der Waals surface area contributed by atoms with Crippen molar-refractivity contribution in [3.63, 3.8) is 0 Å². The van der Waals surface area contributed by atoms with Gasteiger partial charge in [0.05, 0.1) is 6.42 Å². The molecule has 1 aliphatic rings. The second-order valence-electron chi connectivity index (χ2n) is 6.18. The lowest BCUT2D eigenvalue weighted by molar-refractivity contribution is -0.140. The smallest absolute Gasteiger partial charge is 0.303 e. The van der Waals surface area contributed by atoms with Gasteiger partial charge < -0.3 is 5.11 Å². The van der Waals surface area contributed by atoms with Crippen molar-refractivity contribution in [1.29, 1.82) is 0 Å². The first kappa shape index (κ1) is 14.1. The number of hydrogen-bond donors (Lipinski definition) is 1. The van der Waals surface area contributed by atoms with Crippen molar-refractivity contribution in [3.05, 3.63) is 35.4 Å². The average molecular weight is 261 g/mol. The van der Waals surface area contributed by atoms with Crippen LogP contribution in [-0.2, 0) is 11.3 Å². The highest BCUT2D eigenvalue weighted by Gasteiger charge is 2.32. The van der Waals surface area contributed by atoms with Crippen LogP contribution in [0.4, 0.5) is 0 Å². The van der Waals surface area contributed by atoms with Crippen LogP contribution < -0.4 is 0 Å². The van der Waals surface area contributed by atoms with E-state index in [-0.39, 0.29) is 11.8 Å². The fourth-order valence-electron chi connectivity index (χ4n) is 3.02. The first-order chi connectivity index (χ1) is 8.97. The number of nitrogens with zero attached hydrogens (tertiary/aromatic N) is 1. The topological polar surface area (TPSA) is 40.5 Å². The van der Waals surface area contributed by atoms with E-state index in [1.165, 1.54) is 11.1 Å². The second-order valence-corrected chi connectivity index (χ2v) is 6.18. The zero-order valence-corrected chi connectivity index (χ0v) is 11.9. The molecule has 1 aliphatic heterocycles. The summed E-state index contributed by atoms with van der Waals surface area (Å²) in [7, 11) is 0. The Hall–Kier alpha value is -1.35. The number of rotatable bonds is 4. The Morgan fingerprint density at radius 3 is 2.68 bits per heavy atom. The summed E-state index contributed by atoms with van der Waals surface area (Å²) in [5.41, 5.74) is 2.51. The van der Waals surface area contributed by atoms with E-state index in [1.54, 1.807) is 0 Å². The lowest BCUT2D eigenvalue weighted by Gasteiger charge is -2.39. The third-order valence-electron chi connectivity index (χ3n) is 3.96. The SMILES string of the molecule is Cc1ccc(CN2CCCC(C)(CC(=O)O)C2)cc1. The van der Waals surface area contributed by atoms with E-state index < -0.39 is 5.97 Å². The van der Waals surface area contributed by atoms with E-state index in [0.29, 0.717) is 0 Å². The summed E-state index contributed by atoms with van der Waals surface area (Å²) in [6.45, 7) is 7.07. The van der Waals surface area contributed by atoms with Gasteiger partial charge in [0.1, 0.15) is 0 Å². The molecule has 0 amide bonds. The Kier molecular flexibility index (Phi) is 4.25. The summed E-state index contributed by atoms with van der Waals surface area (Å²) in [5, 5.41) is 9.02. The first-order valence-electron chi connectivity index (χ1n) is 6.97. The Labute approximate surface area is 115 Å². The monoisotopic (exact) mass is 261 g/mol. The Balaban J connectivity index is 1.97. The normalized spacial score (nSPS) is 24.3. The van der Waals surface area contributed by atoms with Gasteiger partial charge in [-0.15, -0.1) is 0 Å². The van der Waals surface area contributed by atoms with E-state index >= 15 is 0 Å². The summed E-state index contributed by atoms with van der Waals surface area (Å²) in [6.07, 6.45) is 2.39. The summed E-state index contributed by atoms with van der Waals surface area (Å²) in [4.78, 5) is 13.3. The quantitative estimate of drug-likeness (QED) is 0.905. The van der Waals surface area contributed by atoms with Crippen molar-refractivity contribution in [3.8, 4) is 0 Å². The van der Waals surface area contributed by atoms with Gasteiger partial charge in [0.25, 0.3) is 0 Å². The molecule has 0 saturated carbocycles. The van der Waals surface area contributed by atoms with E-state index in [9.17, 15) is 4.79 Å². The van der Waals surface area contributed by atoms with Gasteiger partial charge in [0.2, 0.25) is 0 Å². The molecule has 104 valence electrons. The Bertz CT molecular complexity index is 441. The van der Waals surface area contributed by atoms with Crippen molar-refractivity contribution in [2.75, 3.05) is 13.1 Å². The van der Waals surface area contributed by atoms with Crippen molar-refractivity contribution < 1.29 is 9.90 Å². The number of carboxylic acids is 1. The summed E-state index contributed by atoms with van der Waals surface area (Å²) >= 11 is 0. The lowest BCUT2D eigenvalue weighted by Crippen LogP contribution is -2.42. The average Bonchev–Trinajstić information content (AvgIpc) is 2.30. The van der Waals surface area contributed by atoms with Crippen molar-refractivity contribution in [2.24, 2.45) is 5.41 Å². The van der Waals surface area contributed by atoms with Gasteiger partial charge in [-0.3, -0.25) is 9.69 Å². The van der Waals surface area contributed by atoms with E-state index in [2.05, 4.69) is 43.0 Å². The fourth-order valence-corrected chi connectivity index (χ4v) is 3.02. The van der Waals surface area contributed by atoms with Crippen LogP contribution in [0.15, 0.2) is 24.3 Å². The van der Waals surface area contributed by atoms with Gasteiger partial charge >= 0.3 is 5.97 Å². The first-order valence-corrected chi connectivity index (χ1v) is 6.97. The molecule has 1 saturated heterocycles. The summed E-state index contributed by atoms with van der Waals surface area (Å²) < 4.78 is 0. The highest BCUT2D eigenvalue weighted by Crippen LogP contribution is 2.33. The van der Waals surface area contributed by atoms with Crippen LogP contribution in [-0.4, -0.2) is 29.1 Å². The van der Waals surface area contributed by atoms with E-state index in [1.807, 2.05) is 0 Å². The molecule has 0 aromatic heterocycles. The van der Waals surface area contributed by atoms with Gasteiger partial charge in [0, 0.05) is 13.1 Å². The molecule has 1 heterocycles. The fraction of sp³-hybridized carbons (Fsp3) is 0.562. The van der Waals surface area contributed by atoms with E-state index in [4.69, 9.17) is 5.11 Å². The van der Waals surface area contributed by atoms with Crippen molar-refractivity contribution in [2.45, 2.75) is 39.7 Å². The molecular weight excluding hydrogens is 238 g/mol. The second kappa shape index (κ2) is 5.74. The third-order valence-corrected chi connectivity index (χ3v) is 3.96. The predicted molar refractivity (Wildman–Crippen MR) is 76.0 cm³/mol. The molecule has 1 unspecified atom stereocenters. The maximum atomic E-state index is 11.0. The van der Waals surface area contributed by atoms with Gasteiger partial charge in [-0.1, -0.05) is 36.8 Å². The molecule has 1 N–H and O–H groups in total. The number of likely N-dealkylation sites (tertiary alicyclic amines) is 1. The summed E-state index contributed by atoms with van der Waals surface area (Å²) in [6, 6.07) is 8.60. The molecule has 3 nitrogen and oxygen atoms in total. The number of benzene rings is 1. The summed E-state index contributed by atoms with van der Waals surface area (Å²) in [5.74, 6) is -0.681. The number of carboxylic acid groups (broad SMARTS) is 1. The van der Waals surface area contributed by atoms with Gasteiger partial charge in [-0.2, -0.15) is 0 Å². The molecule has 0 bridgehead atoms. The number of piperidine rings is 1. The molecule has 3 heteroatoms. The molecule has 2 rings (SSSR count). The molecule has 1 atom stereocenters. The van der Waals surface area contributed by atoms with Crippen LogP contribution in [0, 0.1) is 12.3 Å².